The van der Waals surface area contributed by atoms with E-state index in [1.54, 1.807) is 31.2 Å². The molecule has 5 heteroatoms. The summed E-state index contributed by atoms with van der Waals surface area (Å²) in [5.74, 6) is -0.962. The van der Waals surface area contributed by atoms with Crippen LogP contribution in [0.4, 0.5) is 5.69 Å². The molecule has 0 saturated heterocycles. The van der Waals surface area contributed by atoms with Crippen LogP contribution in [0.15, 0.2) is 28.5 Å². The van der Waals surface area contributed by atoms with E-state index in [1.807, 2.05) is 6.92 Å². The van der Waals surface area contributed by atoms with Crippen molar-refractivity contribution in [1.29, 1.82) is 0 Å². The first-order valence-electron chi connectivity index (χ1n) is 4.43. The van der Waals surface area contributed by atoms with Crippen molar-refractivity contribution >= 4 is 11.7 Å². The maximum Gasteiger partial charge on any atom is 0.335 e. The van der Waals surface area contributed by atoms with Crippen molar-refractivity contribution in [3.63, 3.8) is 0 Å². The minimum atomic E-state index is -0.962. The average molecular weight is 207 g/mol. The zero-order chi connectivity index (χ0) is 11.4. The molecule has 0 spiro atoms. The lowest BCUT2D eigenvalue weighted by molar-refractivity contribution is 0.0697. The minimum absolute atomic E-state index is 0.216. The summed E-state index contributed by atoms with van der Waals surface area (Å²) >= 11 is 0. The van der Waals surface area contributed by atoms with Crippen molar-refractivity contribution in [1.82, 2.24) is 5.01 Å². The molecule has 1 aromatic carbocycles. The number of carbonyl (C=O) groups is 1. The topological polar surface area (TPSA) is 65.3 Å². The molecule has 1 rings (SSSR count). The molecule has 0 fully saturated rings. The monoisotopic (exact) mass is 207 g/mol. The SMILES string of the molecule is Cc1ccc(C(=O)O)cc1N=NN(C)C. The third kappa shape index (κ3) is 3.05. The molecule has 0 aliphatic rings. The highest BCUT2D eigenvalue weighted by Gasteiger charge is 2.05. The smallest absolute Gasteiger partial charge is 0.335 e. The predicted molar refractivity (Wildman–Crippen MR) is 56.3 cm³/mol. The summed E-state index contributed by atoms with van der Waals surface area (Å²) in [6, 6.07) is 4.77. The van der Waals surface area contributed by atoms with Gasteiger partial charge in [-0.05, 0) is 24.6 Å². The first kappa shape index (κ1) is 11.2. The van der Waals surface area contributed by atoms with E-state index < -0.39 is 5.97 Å². The molecule has 0 aliphatic carbocycles. The fourth-order valence-electron chi connectivity index (χ4n) is 0.988. The molecule has 0 bridgehead atoms. The quantitative estimate of drug-likeness (QED) is 0.610. The Balaban J connectivity index is 3.05. The van der Waals surface area contributed by atoms with Crippen LogP contribution < -0.4 is 0 Å². The van der Waals surface area contributed by atoms with E-state index >= 15 is 0 Å². The molecule has 0 radical (unpaired) electrons. The summed E-state index contributed by atoms with van der Waals surface area (Å²) < 4.78 is 0. The van der Waals surface area contributed by atoms with Crippen molar-refractivity contribution < 1.29 is 9.90 Å². The van der Waals surface area contributed by atoms with Gasteiger partial charge in [-0.3, -0.25) is 5.01 Å². The molecular weight excluding hydrogens is 194 g/mol. The van der Waals surface area contributed by atoms with E-state index in [9.17, 15) is 4.79 Å². The largest absolute Gasteiger partial charge is 0.478 e. The van der Waals surface area contributed by atoms with Gasteiger partial charge in [0.05, 0.1) is 11.3 Å². The molecular formula is C10H13N3O2. The van der Waals surface area contributed by atoms with Crippen LogP contribution in [0.5, 0.6) is 0 Å². The zero-order valence-electron chi connectivity index (χ0n) is 8.93. The second-order valence-electron chi connectivity index (χ2n) is 3.34. The third-order valence-electron chi connectivity index (χ3n) is 1.79. The van der Waals surface area contributed by atoms with Crippen LogP contribution in [-0.2, 0) is 0 Å². The number of carboxylic acids is 1. The Morgan fingerprint density at radius 2 is 2.07 bits per heavy atom. The summed E-state index contributed by atoms with van der Waals surface area (Å²) in [5, 5.41) is 18.1. The molecule has 80 valence electrons. The Labute approximate surface area is 88.0 Å². The maximum absolute atomic E-state index is 10.7. The first-order valence-corrected chi connectivity index (χ1v) is 4.43. The second kappa shape index (κ2) is 4.54. The van der Waals surface area contributed by atoms with Crippen LogP contribution in [0.2, 0.25) is 0 Å². The average Bonchev–Trinajstić information content (AvgIpc) is 2.16. The molecule has 0 aliphatic heterocycles. The van der Waals surface area contributed by atoms with E-state index in [1.165, 1.54) is 6.07 Å². The molecule has 0 unspecified atom stereocenters. The standard InChI is InChI=1S/C10H13N3O2/c1-7-4-5-8(10(14)15)6-9(7)11-12-13(2)3/h4-6H,1-3H3,(H,14,15). The van der Waals surface area contributed by atoms with Gasteiger partial charge in [-0.2, -0.15) is 0 Å². The number of nitrogens with zero attached hydrogens (tertiary/aromatic N) is 3. The highest BCUT2D eigenvalue weighted by atomic mass is 16.4. The highest BCUT2D eigenvalue weighted by Crippen LogP contribution is 2.20. The van der Waals surface area contributed by atoms with Crippen LogP contribution in [0, 0.1) is 6.92 Å². The van der Waals surface area contributed by atoms with Gasteiger partial charge in [-0.1, -0.05) is 11.3 Å². The van der Waals surface area contributed by atoms with Crippen molar-refractivity contribution in [3.05, 3.63) is 29.3 Å². The molecule has 0 heterocycles. The lowest BCUT2D eigenvalue weighted by atomic mass is 10.1. The van der Waals surface area contributed by atoms with Crippen molar-refractivity contribution in [2.75, 3.05) is 14.1 Å². The van der Waals surface area contributed by atoms with Crippen molar-refractivity contribution in [3.8, 4) is 0 Å². The number of hydrogen-bond donors (Lipinski definition) is 1. The molecule has 0 saturated carbocycles. The van der Waals surface area contributed by atoms with Gasteiger partial charge in [0, 0.05) is 14.1 Å². The van der Waals surface area contributed by atoms with E-state index in [2.05, 4.69) is 10.3 Å². The van der Waals surface area contributed by atoms with Gasteiger partial charge >= 0.3 is 5.97 Å². The van der Waals surface area contributed by atoms with Crippen LogP contribution in [0.1, 0.15) is 15.9 Å². The normalized spacial score (nSPS) is 10.6. The zero-order valence-corrected chi connectivity index (χ0v) is 8.93. The van der Waals surface area contributed by atoms with Gasteiger partial charge in [-0.25, -0.2) is 4.79 Å². The number of hydrogen-bond acceptors (Lipinski definition) is 3. The summed E-state index contributed by atoms with van der Waals surface area (Å²) in [7, 11) is 3.50. The molecule has 0 atom stereocenters. The summed E-state index contributed by atoms with van der Waals surface area (Å²) in [4.78, 5) is 10.7. The molecule has 0 aromatic heterocycles. The molecule has 5 nitrogen and oxygen atoms in total. The summed E-state index contributed by atoms with van der Waals surface area (Å²) in [5.41, 5.74) is 1.68. The van der Waals surface area contributed by atoms with Crippen molar-refractivity contribution in [2.24, 2.45) is 10.3 Å². The Morgan fingerprint density at radius 3 is 2.60 bits per heavy atom. The van der Waals surface area contributed by atoms with Crippen LogP contribution in [0.25, 0.3) is 0 Å². The van der Waals surface area contributed by atoms with Crippen LogP contribution >= 0.6 is 0 Å². The molecule has 15 heavy (non-hydrogen) atoms. The van der Waals surface area contributed by atoms with E-state index in [-0.39, 0.29) is 5.56 Å². The third-order valence-corrected chi connectivity index (χ3v) is 1.79. The Hall–Kier alpha value is -1.91. The first-order chi connectivity index (χ1) is 7.00. The molecule has 0 amide bonds. The fourth-order valence-corrected chi connectivity index (χ4v) is 0.988. The maximum atomic E-state index is 10.7. The number of carboxylic acid groups (broad SMARTS) is 1. The summed E-state index contributed by atoms with van der Waals surface area (Å²) in [6.45, 7) is 1.86. The number of rotatable bonds is 3. The van der Waals surface area contributed by atoms with Gasteiger partial charge in [0.25, 0.3) is 0 Å². The van der Waals surface area contributed by atoms with Gasteiger partial charge in [0.2, 0.25) is 0 Å². The van der Waals surface area contributed by atoms with Gasteiger partial charge in [0.1, 0.15) is 0 Å². The number of aromatic carboxylic acids is 1. The lowest BCUT2D eigenvalue weighted by Gasteiger charge is -2.03. The fraction of sp³-hybridized carbons (Fsp3) is 0.300. The van der Waals surface area contributed by atoms with Crippen LogP contribution in [0.3, 0.4) is 0 Å². The second-order valence-corrected chi connectivity index (χ2v) is 3.34. The summed E-state index contributed by atoms with van der Waals surface area (Å²) in [6.07, 6.45) is 0. The number of benzene rings is 1. The molecule has 1 aromatic rings. The Bertz CT molecular complexity index is 400. The Morgan fingerprint density at radius 1 is 1.40 bits per heavy atom. The van der Waals surface area contributed by atoms with E-state index in [0.717, 1.165) is 5.56 Å². The van der Waals surface area contributed by atoms with Gasteiger partial charge in [0.15, 0.2) is 0 Å². The lowest BCUT2D eigenvalue weighted by Crippen LogP contribution is -1.99. The number of aryl methyl sites for hydroxylation is 1. The van der Waals surface area contributed by atoms with Crippen molar-refractivity contribution in [2.45, 2.75) is 6.92 Å². The molecule has 1 N–H and O–H groups in total. The van der Waals surface area contributed by atoms with Crippen LogP contribution in [-0.4, -0.2) is 30.2 Å². The van der Waals surface area contributed by atoms with E-state index in [4.69, 9.17) is 5.11 Å². The predicted octanol–water partition coefficient (Wildman–Crippen LogP) is 2.25. The van der Waals surface area contributed by atoms with Gasteiger partial charge < -0.3 is 5.11 Å². The van der Waals surface area contributed by atoms with E-state index in [0.29, 0.717) is 5.69 Å². The highest BCUT2D eigenvalue weighted by molar-refractivity contribution is 5.88. The minimum Gasteiger partial charge on any atom is -0.478 e. The van der Waals surface area contributed by atoms with Gasteiger partial charge in [-0.15, -0.1) is 5.11 Å². The Kier molecular flexibility index (Phi) is 3.38.